The van der Waals surface area contributed by atoms with Crippen LogP contribution in [0.2, 0.25) is 0 Å². The first-order valence-electron chi connectivity index (χ1n) is 7.73. The molecule has 1 heterocycles. The summed E-state index contributed by atoms with van der Waals surface area (Å²) in [6, 6.07) is 2.38. The second-order valence-corrected chi connectivity index (χ2v) is 6.46. The third-order valence-electron chi connectivity index (χ3n) is 4.16. The van der Waals surface area contributed by atoms with Gasteiger partial charge in [-0.2, -0.15) is 0 Å². The van der Waals surface area contributed by atoms with Gasteiger partial charge in [-0.15, -0.1) is 0 Å². The van der Waals surface area contributed by atoms with Gasteiger partial charge in [0.15, 0.2) is 0 Å². The normalized spacial score (nSPS) is 29.3. The monoisotopic (exact) mass is 254 g/mol. The highest BCUT2D eigenvalue weighted by atomic mass is 16.5. The molecule has 1 N–H and O–H groups in total. The molecule has 2 aliphatic rings. The van der Waals surface area contributed by atoms with Crippen LogP contribution in [0.3, 0.4) is 0 Å². The van der Waals surface area contributed by atoms with Gasteiger partial charge in [-0.05, 0) is 38.5 Å². The lowest BCUT2D eigenvalue weighted by molar-refractivity contribution is 0.123. The summed E-state index contributed by atoms with van der Waals surface area (Å²) in [5.74, 6) is 0.751. The summed E-state index contributed by atoms with van der Waals surface area (Å²) < 4.78 is 5.64. The summed E-state index contributed by atoms with van der Waals surface area (Å²) in [5.41, 5.74) is 0. The van der Waals surface area contributed by atoms with Crippen molar-refractivity contribution >= 4 is 0 Å². The molecule has 2 fully saturated rings. The van der Waals surface area contributed by atoms with Crippen LogP contribution in [0.15, 0.2) is 0 Å². The van der Waals surface area contributed by atoms with E-state index in [1.165, 1.54) is 32.2 Å². The molecule has 0 amide bonds. The van der Waals surface area contributed by atoms with Crippen LogP contribution >= 0.6 is 0 Å². The zero-order valence-corrected chi connectivity index (χ0v) is 12.3. The van der Waals surface area contributed by atoms with E-state index in [0.29, 0.717) is 6.04 Å². The second kappa shape index (κ2) is 6.88. The van der Waals surface area contributed by atoms with Crippen molar-refractivity contribution in [2.24, 2.45) is 5.92 Å². The van der Waals surface area contributed by atoms with E-state index in [4.69, 9.17) is 4.74 Å². The number of hydrogen-bond acceptors (Lipinski definition) is 3. The molecule has 106 valence electrons. The average molecular weight is 254 g/mol. The Hall–Kier alpha value is -0.120. The van der Waals surface area contributed by atoms with Crippen LogP contribution in [-0.2, 0) is 4.74 Å². The Balaban J connectivity index is 1.50. The number of hydrogen-bond donors (Lipinski definition) is 1. The van der Waals surface area contributed by atoms with Crippen LogP contribution in [-0.4, -0.2) is 49.3 Å². The molecule has 18 heavy (non-hydrogen) atoms. The van der Waals surface area contributed by atoms with E-state index in [1.54, 1.807) is 0 Å². The molecule has 0 aromatic heterocycles. The molecule has 2 atom stereocenters. The standard InChI is InChI=1S/C15H30N2O/c1-12(2)6-8-18-9-7-16-14-10-13(3)17(11-14)15-4-5-15/h12-16H,4-11H2,1-3H3. The van der Waals surface area contributed by atoms with Gasteiger partial charge in [-0.3, -0.25) is 4.90 Å². The third-order valence-corrected chi connectivity index (χ3v) is 4.16. The quantitative estimate of drug-likeness (QED) is 0.673. The molecule has 0 spiro atoms. The van der Waals surface area contributed by atoms with E-state index in [0.717, 1.165) is 37.8 Å². The molecule has 1 saturated carbocycles. The van der Waals surface area contributed by atoms with Gasteiger partial charge in [0.25, 0.3) is 0 Å². The van der Waals surface area contributed by atoms with Crippen molar-refractivity contribution in [1.82, 2.24) is 10.2 Å². The van der Waals surface area contributed by atoms with Crippen LogP contribution in [0.4, 0.5) is 0 Å². The van der Waals surface area contributed by atoms with Crippen LogP contribution in [0.5, 0.6) is 0 Å². The van der Waals surface area contributed by atoms with Gasteiger partial charge in [0.2, 0.25) is 0 Å². The molecule has 2 unspecified atom stereocenters. The van der Waals surface area contributed by atoms with Crippen molar-refractivity contribution in [2.45, 2.75) is 64.6 Å². The Morgan fingerprint density at radius 2 is 2.06 bits per heavy atom. The van der Waals surface area contributed by atoms with Crippen molar-refractivity contribution in [3.63, 3.8) is 0 Å². The minimum absolute atomic E-state index is 0.689. The maximum Gasteiger partial charge on any atom is 0.0591 e. The molecule has 0 bridgehead atoms. The molecule has 0 aromatic rings. The number of likely N-dealkylation sites (tertiary alicyclic amines) is 1. The van der Waals surface area contributed by atoms with Gasteiger partial charge in [0, 0.05) is 37.8 Å². The van der Waals surface area contributed by atoms with Crippen molar-refractivity contribution in [2.75, 3.05) is 26.3 Å². The lowest BCUT2D eigenvalue weighted by Gasteiger charge is -2.19. The number of nitrogens with zero attached hydrogens (tertiary/aromatic N) is 1. The number of nitrogens with one attached hydrogen (secondary N) is 1. The van der Waals surface area contributed by atoms with Crippen LogP contribution < -0.4 is 5.32 Å². The summed E-state index contributed by atoms with van der Waals surface area (Å²) in [5, 5.41) is 3.65. The van der Waals surface area contributed by atoms with Crippen LogP contribution in [0.1, 0.15) is 46.5 Å². The fourth-order valence-corrected chi connectivity index (χ4v) is 2.88. The summed E-state index contributed by atoms with van der Waals surface area (Å²) in [4.78, 5) is 2.69. The Morgan fingerprint density at radius 1 is 1.28 bits per heavy atom. The minimum atomic E-state index is 0.689. The summed E-state index contributed by atoms with van der Waals surface area (Å²) in [6.07, 6.45) is 5.34. The summed E-state index contributed by atoms with van der Waals surface area (Å²) in [7, 11) is 0. The van der Waals surface area contributed by atoms with Gasteiger partial charge >= 0.3 is 0 Å². The molecule has 3 nitrogen and oxygen atoms in total. The Morgan fingerprint density at radius 3 is 2.72 bits per heavy atom. The molecule has 1 saturated heterocycles. The number of ether oxygens (including phenoxy) is 1. The van der Waals surface area contributed by atoms with Crippen LogP contribution in [0, 0.1) is 5.92 Å². The lowest BCUT2D eigenvalue weighted by Crippen LogP contribution is -2.35. The smallest absolute Gasteiger partial charge is 0.0591 e. The van der Waals surface area contributed by atoms with E-state index in [2.05, 4.69) is 31.0 Å². The summed E-state index contributed by atoms with van der Waals surface area (Å²) in [6.45, 7) is 10.9. The maximum absolute atomic E-state index is 5.64. The Kier molecular flexibility index (Phi) is 5.46. The van der Waals surface area contributed by atoms with Gasteiger partial charge in [-0.25, -0.2) is 0 Å². The van der Waals surface area contributed by atoms with Crippen molar-refractivity contribution in [3.05, 3.63) is 0 Å². The van der Waals surface area contributed by atoms with E-state index in [9.17, 15) is 0 Å². The zero-order valence-electron chi connectivity index (χ0n) is 12.3. The first kappa shape index (κ1) is 14.3. The third kappa shape index (κ3) is 4.52. The second-order valence-electron chi connectivity index (χ2n) is 6.46. The molecular formula is C15H30N2O. The Labute approximate surface area is 112 Å². The van der Waals surface area contributed by atoms with Crippen molar-refractivity contribution in [1.29, 1.82) is 0 Å². The highest BCUT2D eigenvalue weighted by Crippen LogP contribution is 2.33. The highest BCUT2D eigenvalue weighted by Gasteiger charge is 2.38. The maximum atomic E-state index is 5.64. The highest BCUT2D eigenvalue weighted by molar-refractivity contribution is 4.95. The molecule has 0 radical (unpaired) electrons. The van der Waals surface area contributed by atoms with Gasteiger partial charge in [-0.1, -0.05) is 13.8 Å². The van der Waals surface area contributed by atoms with E-state index >= 15 is 0 Å². The van der Waals surface area contributed by atoms with E-state index < -0.39 is 0 Å². The van der Waals surface area contributed by atoms with Crippen molar-refractivity contribution in [3.8, 4) is 0 Å². The van der Waals surface area contributed by atoms with Gasteiger partial charge < -0.3 is 10.1 Å². The lowest BCUT2D eigenvalue weighted by atomic mass is 10.1. The molecule has 1 aliphatic carbocycles. The summed E-state index contributed by atoms with van der Waals surface area (Å²) >= 11 is 0. The molecule has 1 aliphatic heterocycles. The predicted octanol–water partition coefficient (Wildman–Crippen LogP) is 2.26. The van der Waals surface area contributed by atoms with Crippen molar-refractivity contribution < 1.29 is 4.74 Å². The predicted molar refractivity (Wildman–Crippen MR) is 75.9 cm³/mol. The fraction of sp³-hybridized carbons (Fsp3) is 1.00. The first-order chi connectivity index (χ1) is 8.66. The minimum Gasteiger partial charge on any atom is -0.380 e. The van der Waals surface area contributed by atoms with Gasteiger partial charge in [0.05, 0.1) is 6.61 Å². The topological polar surface area (TPSA) is 24.5 Å². The number of rotatable bonds is 8. The SMILES string of the molecule is CC(C)CCOCCNC1CC(C)N(C2CC2)C1. The molecule has 2 rings (SSSR count). The Bertz CT molecular complexity index is 241. The van der Waals surface area contributed by atoms with E-state index in [-0.39, 0.29) is 0 Å². The zero-order chi connectivity index (χ0) is 13.0. The fourth-order valence-electron chi connectivity index (χ4n) is 2.88. The van der Waals surface area contributed by atoms with Crippen LogP contribution in [0.25, 0.3) is 0 Å². The average Bonchev–Trinajstić information content (AvgIpc) is 3.08. The molecular weight excluding hydrogens is 224 g/mol. The molecule has 3 heteroatoms. The molecule has 0 aromatic carbocycles. The first-order valence-corrected chi connectivity index (χ1v) is 7.73. The van der Waals surface area contributed by atoms with Gasteiger partial charge in [0.1, 0.15) is 0 Å². The van der Waals surface area contributed by atoms with E-state index in [1.807, 2.05) is 0 Å². The largest absolute Gasteiger partial charge is 0.380 e.